The van der Waals surface area contributed by atoms with Crippen LogP contribution < -0.4 is 11.1 Å². The van der Waals surface area contributed by atoms with Crippen molar-refractivity contribution in [1.29, 1.82) is 0 Å². The molecule has 0 amide bonds. The molecule has 1 radical (unpaired) electrons. The summed E-state index contributed by atoms with van der Waals surface area (Å²) < 4.78 is 11.2. The van der Waals surface area contributed by atoms with Gasteiger partial charge in [-0.25, -0.2) is 0 Å². The Kier molecular flexibility index (Phi) is 9.92. The van der Waals surface area contributed by atoms with Gasteiger partial charge < -0.3 is 20.5 Å². The zero-order valence-corrected chi connectivity index (χ0v) is 11.1. The maximum Gasteiger partial charge on any atom is 0.224 e. The molecule has 0 atom stereocenters. The summed E-state index contributed by atoms with van der Waals surface area (Å²) in [5.41, 5.74) is 5.39. The van der Waals surface area contributed by atoms with E-state index in [2.05, 4.69) is 5.32 Å². The van der Waals surface area contributed by atoms with Gasteiger partial charge in [0.05, 0.1) is 12.2 Å². The highest BCUT2D eigenvalue weighted by molar-refractivity contribution is 4.69. The molecule has 0 saturated carbocycles. The molecule has 0 aliphatic heterocycles. The summed E-state index contributed by atoms with van der Waals surface area (Å²) in [6.07, 6.45) is 2.94. The second kappa shape index (κ2) is 10.0. The van der Waals surface area contributed by atoms with E-state index in [0.717, 1.165) is 32.2 Å². The average Bonchev–Trinajstić information content (AvgIpc) is 2.15. The molecule has 0 bridgehead atoms. The third-order valence-electron chi connectivity index (χ3n) is 1.79. The maximum absolute atomic E-state index is 5.61. The summed E-state index contributed by atoms with van der Waals surface area (Å²) in [4.78, 5) is 0. The van der Waals surface area contributed by atoms with Crippen molar-refractivity contribution in [1.82, 2.24) is 5.32 Å². The van der Waals surface area contributed by atoms with Crippen LogP contribution in [0.3, 0.4) is 0 Å². The van der Waals surface area contributed by atoms with Crippen LogP contribution >= 0.6 is 0 Å². The summed E-state index contributed by atoms with van der Waals surface area (Å²) in [5, 5.41) is 3.25. The Morgan fingerprint density at radius 1 is 1.06 bits per heavy atom. The van der Waals surface area contributed by atoms with Gasteiger partial charge in [-0.05, 0) is 40.7 Å². The molecule has 0 saturated heterocycles. The Hall–Kier alpha value is -0.160. The number of hydrogen-bond donors (Lipinski definition) is 2. The van der Waals surface area contributed by atoms with Crippen molar-refractivity contribution in [3.63, 3.8) is 0 Å². The minimum atomic E-state index is 0.172. The molecule has 0 aromatic heterocycles. The fourth-order valence-electron chi connectivity index (χ4n) is 1.26. The van der Waals surface area contributed by atoms with Crippen molar-refractivity contribution >= 4 is 0 Å². The van der Waals surface area contributed by atoms with E-state index >= 15 is 0 Å². The van der Waals surface area contributed by atoms with Gasteiger partial charge in [-0.3, -0.25) is 0 Å². The van der Waals surface area contributed by atoms with Crippen LogP contribution in [0.25, 0.3) is 0 Å². The largest absolute Gasteiger partial charge is 0.343 e. The van der Waals surface area contributed by atoms with Gasteiger partial charge >= 0.3 is 0 Å². The SMILES string of the molecule is CC(C)O[C](CCCNCCN)OC(C)C. The Morgan fingerprint density at radius 2 is 1.62 bits per heavy atom. The first-order chi connectivity index (χ1) is 7.56. The maximum atomic E-state index is 5.61. The van der Waals surface area contributed by atoms with Crippen molar-refractivity contribution in [3.05, 3.63) is 6.29 Å². The predicted molar refractivity (Wildman–Crippen MR) is 66.8 cm³/mol. The molecule has 0 aromatic carbocycles. The molecule has 0 heterocycles. The smallest absolute Gasteiger partial charge is 0.224 e. The van der Waals surface area contributed by atoms with E-state index in [0.29, 0.717) is 6.54 Å². The highest BCUT2D eigenvalue weighted by Crippen LogP contribution is 2.17. The summed E-state index contributed by atoms with van der Waals surface area (Å²) in [6, 6.07) is 0. The topological polar surface area (TPSA) is 56.5 Å². The molecule has 0 rings (SSSR count). The van der Waals surface area contributed by atoms with Gasteiger partial charge in [0.15, 0.2) is 0 Å². The molecular formula is C12H27N2O2. The van der Waals surface area contributed by atoms with Gasteiger partial charge in [0.25, 0.3) is 0 Å². The van der Waals surface area contributed by atoms with Crippen LogP contribution in [0.4, 0.5) is 0 Å². The monoisotopic (exact) mass is 231 g/mol. The molecule has 97 valence electrons. The van der Waals surface area contributed by atoms with Crippen molar-refractivity contribution in [3.8, 4) is 0 Å². The van der Waals surface area contributed by atoms with Crippen molar-refractivity contribution in [2.24, 2.45) is 5.73 Å². The van der Waals surface area contributed by atoms with Gasteiger partial charge in [-0.1, -0.05) is 0 Å². The number of rotatable bonds is 10. The molecule has 0 aliphatic carbocycles. The fraction of sp³-hybridized carbons (Fsp3) is 0.917. The van der Waals surface area contributed by atoms with Gasteiger partial charge in [0, 0.05) is 19.5 Å². The molecule has 4 heteroatoms. The van der Waals surface area contributed by atoms with Crippen LogP contribution in [-0.2, 0) is 9.47 Å². The normalized spacial score (nSPS) is 12.0. The van der Waals surface area contributed by atoms with E-state index in [1.165, 1.54) is 0 Å². The average molecular weight is 231 g/mol. The summed E-state index contributed by atoms with van der Waals surface area (Å²) in [5.74, 6) is 0. The Balaban J connectivity index is 3.65. The molecule has 3 N–H and O–H groups in total. The first-order valence-corrected chi connectivity index (χ1v) is 6.16. The minimum Gasteiger partial charge on any atom is -0.343 e. The van der Waals surface area contributed by atoms with Gasteiger partial charge in [0.2, 0.25) is 6.29 Å². The number of nitrogens with two attached hydrogens (primary N) is 1. The van der Waals surface area contributed by atoms with E-state index in [1.54, 1.807) is 0 Å². The molecule has 0 fully saturated rings. The molecule has 16 heavy (non-hydrogen) atoms. The van der Waals surface area contributed by atoms with Crippen LogP contribution in [0.1, 0.15) is 40.5 Å². The molecule has 0 aromatic rings. The Labute approximate surface area is 99.9 Å². The second-order valence-corrected chi connectivity index (χ2v) is 4.35. The Bertz CT molecular complexity index is 142. The zero-order chi connectivity index (χ0) is 12.4. The van der Waals surface area contributed by atoms with Gasteiger partial charge in [0.1, 0.15) is 0 Å². The molecular weight excluding hydrogens is 204 g/mol. The van der Waals surface area contributed by atoms with E-state index in [4.69, 9.17) is 15.2 Å². The van der Waals surface area contributed by atoms with Crippen molar-refractivity contribution in [2.45, 2.75) is 52.7 Å². The lowest BCUT2D eigenvalue weighted by Crippen LogP contribution is -2.24. The first-order valence-electron chi connectivity index (χ1n) is 6.16. The molecule has 0 aliphatic rings. The van der Waals surface area contributed by atoms with E-state index in [9.17, 15) is 0 Å². The van der Waals surface area contributed by atoms with E-state index < -0.39 is 0 Å². The number of hydrogen-bond acceptors (Lipinski definition) is 4. The predicted octanol–water partition coefficient (Wildman–Crippen LogP) is 1.65. The van der Waals surface area contributed by atoms with Gasteiger partial charge in [-0.15, -0.1) is 0 Å². The number of nitrogens with one attached hydrogen (secondary N) is 1. The lowest BCUT2D eigenvalue weighted by molar-refractivity contribution is -0.0956. The summed E-state index contributed by atoms with van der Waals surface area (Å²) >= 11 is 0. The molecule has 0 unspecified atom stereocenters. The third-order valence-corrected chi connectivity index (χ3v) is 1.79. The summed E-state index contributed by atoms with van der Waals surface area (Å²) in [6.45, 7) is 10.5. The number of ether oxygens (including phenoxy) is 2. The standard InChI is InChI=1S/C12H27N2O2/c1-10(2)15-12(16-11(3)4)6-5-8-14-9-7-13/h10-11,14H,5-9,13H2,1-4H3. The van der Waals surface area contributed by atoms with Crippen LogP contribution in [0.2, 0.25) is 0 Å². The minimum absolute atomic E-state index is 0.172. The highest BCUT2D eigenvalue weighted by atomic mass is 16.7. The lowest BCUT2D eigenvalue weighted by Gasteiger charge is -2.21. The Morgan fingerprint density at radius 3 is 2.06 bits per heavy atom. The van der Waals surface area contributed by atoms with Crippen molar-refractivity contribution < 1.29 is 9.47 Å². The van der Waals surface area contributed by atoms with Crippen molar-refractivity contribution in [2.75, 3.05) is 19.6 Å². The van der Waals surface area contributed by atoms with E-state index in [1.807, 2.05) is 27.7 Å². The zero-order valence-electron chi connectivity index (χ0n) is 11.1. The van der Waals surface area contributed by atoms with Gasteiger partial charge in [-0.2, -0.15) is 0 Å². The third kappa shape index (κ3) is 10.4. The lowest BCUT2D eigenvalue weighted by atomic mass is 10.3. The van der Waals surface area contributed by atoms with Crippen LogP contribution in [0.5, 0.6) is 0 Å². The molecule has 0 spiro atoms. The fourth-order valence-corrected chi connectivity index (χ4v) is 1.26. The second-order valence-electron chi connectivity index (χ2n) is 4.35. The summed E-state index contributed by atoms with van der Waals surface area (Å²) in [7, 11) is 0. The highest BCUT2D eigenvalue weighted by Gasteiger charge is 2.14. The first kappa shape index (κ1) is 15.8. The van der Waals surface area contributed by atoms with Crippen LogP contribution in [-0.4, -0.2) is 31.8 Å². The van der Waals surface area contributed by atoms with E-state index in [-0.39, 0.29) is 12.2 Å². The van der Waals surface area contributed by atoms with Crippen LogP contribution in [0.15, 0.2) is 0 Å². The van der Waals surface area contributed by atoms with Crippen LogP contribution in [0, 0.1) is 6.29 Å². The molecule has 4 nitrogen and oxygen atoms in total. The quantitative estimate of drug-likeness (QED) is 0.561.